The molecule has 3 saturated heterocycles. The Bertz CT molecular complexity index is 1110. The van der Waals surface area contributed by atoms with Crippen molar-refractivity contribution in [3.63, 3.8) is 0 Å². The van der Waals surface area contributed by atoms with Crippen LogP contribution in [0.5, 0.6) is 0 Å². The summed E-state index contributed by atoms with van der Waals surface area (Å²) in [5.74, 6) is 0.483. The Morgan fingerprint density at radius 3 is 2.31 bits per heavy atom. The zero-order chi connectivity index (χ0) is 28.2. The minimum atomic E-state index is -0.428. The molecule has 0 aliphatic carbocycles. The quantitative estimate of drug-likeness (QED) is 0.354. The van der Waals surface area contributed by atoms with Gasteiger partial charge < -0.3 is 24.2 Å². The monoisotopic (exact) mass is 557 g/mol. The van der Waals surface area contributed by atoms with Gasteiger partial charge in [0, 0.05) is 49.6 Å². The lowest BCUT2D eigenvalue weighted by molar-refractivity contribution is -0.170. The Balaban J connectivity index is 1.48. The van der Waals surface area contributed by atoms with E-state index in [4.69, 9.17) is 21.1 Å². The molecule has 9 heteroatoms. The average Bonchev–Trinajstić information content (AvgIpc) is 3.36. The third-order valence-corrected chi connectivity index (χ3v) is 8.44. The molecule has 3 fully saturated rings. The van der Waals surface area contributed by atoms with E-state index in [0.717, 1.165) is 5.56 Å². The number of carbonyl (C=O) groups excluding carboxylic acids is 3. The van der Waals surface area contributed by atoms with E-state index in [9.17, 15) is 14.4 Å². The van der Waals surface area contributed by atoms with Gasteiger partial charge in [0.05, 0.1) is 24.7 Å². The zero-order valence-corrected chi connectivity index (χ0v) is 24.2. The lowest BCUT2D eigenvalue weighted by Gasteiger charge is -2.42. The fourth-order valence-corrected chi connectivity index (χ4v) is 5.96. The van der Waals surface area contributed by atoms with Gasteiger partial charge in [0.15, 0.2) is 0 Å². The maximum absolute atomic E-state index is 13.7. The molecule has 0 aromatic heterocycles. The third kappa shape index (κ3) is 6.33. The number of likely N-dealkylation sites (tertiary alicyclic amines) is 2. The first-order chi connectivity index (χ1) is 18.7. The van der Waals surface area contributed by atoms with Crippen LogP contribution in [0.2, 0.25) is 5.02 Å². The summed E-state index contributed by atoms with van der Waals surface area (Å²) in [5, 5.41) is 0.640. The Hall–Kier alpha value is -2.84. The van der Waals surface area contributed by atoms with Crippen molar-refractivity contribution in [3.8, 4) is 0 Å². The van der Waals surface area contributed by atoms with E-state index in [2.05, 4.69) is 0 Å². The van der Waals surface area contributed by atoms with Crippen molar-refractivity contribution in [1.82, 2.24) is 14.7 Å². The summed E-state index contributed by atoms with van der Waals surface area (Å²) >= 11 is 6.16. The van der Waals surface area contributed by atoms with Gasteiger partial charge in [-0.1, -0.05) is 29.8 Å². The smallest absolute Gasteiger partial charge is 0.411 e. The summed E-state index contributed by atoms with van der Waals surface area (Å²) < 4.78 is 11.0. The molecule has 0 N–H and O–H groups in total. The molecule has 0 spiro atoms. The number of carbonyl (C=O) groups is 3. The van der Waals surface area contributed by atoms with Gasteiger partial charge in [-0.05, 0) is 70.4 Å². The highest BCUT2D eigenvalue weighted by Crippen LogP contribution is 2.35. The second-order valence-corrected chi connectivity index (χ2v) is 11.4. The van der Waals surface area contributed by atoms with Crippen LogP contribution < -0.4 is 0 Å². The molecule has 212 valence electrons. The van der Waals surface area contributed by atoms with Crippen molar-refractivity contribution in [1.29, 1.82) is 0 Å². The Morgan fingerprint density at radius 1 is 1.10 bits per heavy atom. The predicted molar refractivity (Wildman–Crippen MR) is 150 cm³/mol. The molecule has 0 bridgehead atoms. The zero-order valence-electron chi connectivity index (χ0n) is 23.4. The number of nitrogens with zero attached hydrogens (tertiary/aromatic N) is 3. The normalized spacial score (nSPS) is 23.6. The lowest BCUT2D eigenvalue weighted by Crippen LogP contribution is -2.55. The molecule has 8 nitrogen and oxygen atoms in total. The number of benzene rings is 1. The second kappa shape index (κ2) is 12.6. The minimum absolute atomic E-state index is 0.0743. The van der Waals surface area contributed by atoms with Crippen LogP contribution in [-0.2, 0) is 19.1 Å². The first kappa shape index (κ1) is 29.2. The number of piperidine rings is 1. The van der Waals surface area contributed by atoms with Crippen LogP contribution in [0.4, 0.5) is 4.79 Å². The Morgan fingerprint density at radius 2 is 1.77 bits per heavy atom. The molecule has 1 aromatic rings. The number of halogens is 1. The molecular formula is C30H40ClN3O5. The highest BCUT2D eigenvalue weighted by molar-refractivity contribution is 6.30. The number of hydrogen-bond acceptors (Lipinski definition) is 5. The SMILES string of the molecule is CC=CC(=CC)OC(=O)N(CC)C1CN(C(=O)C2CCN(C(=O)C3(C)COC3)CC2)CC1c1ccc(Cl)cc1. The number of amides is 3. The number of hydrogen-bond donors (Lipinski definition) is 0. The predicted octanol–water partition coefficient (Wildman–Crippen LogP) is 4.85. The minimum Gasteiger partial charge on any atom is -0.411 e. The number of likely N-dealkylation sites (N-methyl/N-ethyl adjacent to an activating group) is 1. The molecule has 0 radical (unpaired) electrons. The molecule has 3 aliphatic heterocycles. The lowest BCUT2D eigenvalue weighted by atomic mass is 9.85. The van der Waals surface area contributed by atoms with Gasteiger partial charge in [-0.3, -0.25) is 9.59 Å². The molecule has 4 rings (SSSR count). The van der Waals surface area contributed by atoms with Gasteiger partial charge in [-0.15, -0.1) is 0 Å². The maximum Gasteiger partial charge on any atom is 0.415 e. The van der Waals surface area contributed by atoms with Gasteiger partial charge in [-0.2, -0.15) is 0 Å². The average molecular weight is 558 g/mol. The molecule has 1 aromatic carbocycles. The number of allylic oxidation sites excluding steroid dienone is 3. The van der Waals surface area contributed by atoms with Crippen LogP contribution >= 0.6 is 11.6 Å². The van der Waals surface area contributed by atoms with Crippen LogP contribution in [0.1, 0.15) is 52.0 Å². The van der Waals surface area contributed by atoms with Crippen molar-refractivity contribution < 1.29 is 23.9 Å². The molecule has 3 amide bonds. The molecule has 2 unspecified atom stereocenters. The van der Waals surface area contributed by atoms with E-state index in [0.29, 0.717) is 69.6 Å². The summed E-state index contributed by atoms with van der Waals surface area (Å²) in [6.07, 6.45) is 6.18. The van der Waals surface area contributed by atoms with E-state index >= 15 is 0 Å². The fourth-order valence-electron chi connectivity index (χ4n) is 5.83. The van der Waals surface area contributed by atoms with E-state index in [1.54, 1.807) is 17.1 Å². The highest BCUT2D eigenvalue weighted by Gasteiger charge is 2.46. The van der Waals surface area contributed by atoms with Gasteiger partial charge >= 0.3 is 6.09 Å². The van der Waals surface area contributed by atoms with E-state index in [1.165, 1.54) is 0 Å². The van der Waals surface area contributed by atoms with Crippen molar-refractivity contribution >= 4 is 29.5 Å². The van der Waals surface area contributed by atoms with Gasteiger partial charge in [0.1, 0.15) is 5.76 Å². The van der Waals surface area contributed by atoms with Crippen molar-refractivity contribution in [2.45, 2.75) is 52.5 Å². The summed E-state index contributed by atoms with van der Waals surface area (Å²) in [7, 11) is 0. The Kier molecular flexibility index (Phi) is 9.39. The largest absolute Gasteiger partial charge is 0.415 e. The summed E-state index contributed by atoms with van der Waals surface area (Å²) in [5.41, 5.74) is 0.602. The van der Waals surface area contributed by atoms with Crippen molar-refractivity contribution in [2.24, 2.45) is 11.3 Å². The van der Waals surface area contributed by atoms with Crippen molar-refractivity contribution in [2.75, 3.05) is 45.9 Å². The van der Waals surface area contributed by atoms with Crippen molar-refractivity contribution in [3.05, 3.63) is 58.8 Å². The van der Waals surface area contributed by atoms with Gasteiger partial charge in [0.25, 0.3) is 0 Å². The molecule has 2 atom stereocenters. The molecule has 3 heterocycles. The van der Waals surface area contributed by atoms with E-state index in [1.807, 2.05) is 67.8 Å². The van der Waals surface area contributed by atoms with Crippen LogP contribution in [0.25, 0.3) is 0 Å². The number of ether oxygens (including phenoxy) is 2. The van der Waals surface area contributed by atoms with E-state index in [-0.39, 0.29) is 29.7 Å². The topological polar surface area (TPSA) is 79.4 Å². The first-order valence-corrected chi connectivity index (χ1v) is 14.3. The van der Waals surface area contributed by atoms with Gasteiger partial charge in [-0.25, -0.2) is 4.79 Å². The standard InChI is InChI=1S/C30H40ClN3O5/c1-5-8-24(6-2)39-29(37)34(7-3)26-18-33(17-25(26)21-9-11-23(31)12-10-21)27(35)22-13-15-32(16-14-22)28(36)30(4)19-38-20-30/h5-6,8-12,22,25-26H,7,13-20H2,1-4H3. The van der Waals surface area contributed by atoms with Crippen LogP contribution in [-0.4, -0.2) is 84.6 Å². The fraction of sp³-hybridized carbons (Fsp3) is 0.567. The molecule has 3 aliphatic rings. The van der Waals surface area contributed by atoms with Crippen LogP contribution in [0.3, 0.4) is 0 Å². The van der Waals surface area contributed by atoms with Crippen LogP contribution in [0.15, 0.2) is 48.3 Å². The molecular weight excluding hydrogens is 518 g/mol. The van der Waals surface area contributed by atoms with Gasteiger partial charge in [0.2, 0.25) is 11.8 Å². The second-order valence-electron chi connectivity index (χ2n) is 10.9. The Labute approximate surface area is 236 Å². The molecule has 39 heavy (non-hydrogen) atoms. The van der Waals surface area contributed by atoms with Crippen LogP contribution in [0, 0.1) is 11.3 Å². The highest BCUT2D eigenvalue weighted by atomic mass is 35.5. The number of rotatable bonds is 7. The maximum atomic E-state index is 13.7. The third-order valence-electron chi connectivity index (χ3n) is 8.18. The molecule has 0 saturated carbocycles. The first-order valence-electron chi connectivity index (χ1n) is 13.9. The van der Waals surface area contributed by atoms with E-state index < -0.39 is 11.5 Å². The summed E-state index contributed by atoms with van der Waals surface area (Å²) in [6, 6.07) is 7.39. The summed E-state index contributed by atoms with van der Waals surface area (Å²) in [4.78, 5) is 45.4. The summed E-state index contributed by atoms with van der Waals surface area (Å²) in [6.45, 7) is 11.0.